The maximum absolute atomic E-state index is 14.9. The number of aromatic nitrogens is 3. The lowest BCUT2D eigenvalue weighted by Gasteiger charge is -2.35. The maximum atomic E-state index is 14.9. The Kier molecular flexibility index (Phi) is 6.20. The molecular formula is C28H26FN5O3. The summed E-state index contributed by atoms with van der Waals surface area (Å²) in [7, 11) is 3.68. The Morgan fingerprint density at radius 3 is 2.65 bits per heavy atom. The first kappa shape index (κ1) is 24.2. The highest BCUT2D eigenvalue weighted by atomic mass is 19.1. The van der Waals surface area contributed by atoms with Crippen molar-refractivity contribution in [3.05, 3.63) is 88.9 Å². The molecule has 1 aliphatic heterocycles. The molecule has 9 heteroatoms. The number of carboxylic acids is 1. The van der Waals surface area contributed by atoms with E-state index in [2.05, 4.69) is 22.2 Å². The van der Waals surface area contributed by atoms with Crippen molar-refractivity contribution in [1.82, 2.24) is 19.5 Å². The van der Waals surface area contributed by atoms with E-state index >= 15 is 0 Å². The molecule has 4 aromatic rings. The van der Waals surface area contributed by atoms with Gasteiger partial charge >= 0.3 is 5.97 Å². The lowest BCUT2D eigenvalue weighted by atomic mass is 9.93. The topological polar surface area (TPSA) is 91.0 Å². The number of amides is 1. The minimum atomic E-state index is -1.11. The van der Waals surface area contributed by atoms with Crippen LogP contribution in [0.5, 0.6) is 0 Å². The molecule has 0 spiro atoms. The van der Waals surface area contributed by atoms with Gasteiger partial charge in [-0.15, -0.1) is 0 Å². The van der Waals surface area contributed by atoms with Crippen molar-refractivity contribution in [2.75, 3.05) is 25.5 Å². The zero-order valence-electron chi connectivity index (χ0n) is 20.7. The lowest BCUT2D eigenvalue weighted by Crippen LogP contribution is -2.39. The van der Waals surface area contributed by atoms with Crippen LogP contribution >= 0.6 is 0 Å². The molecule has 1 N–H and O–H groups in total. The van der Waals surface area contributed by atoms with Crippen molar-refractivity contribution >= 4 is 29.4 Å². The molecule has 1 atom stereocenters. The van der Waals surface area contributed by atoms with Crippen molar-refractivity contribution in [2.45, 2.75) is 19.4 Å². The number of benzene rings is 2. The van der Waals surface area contributed by atoms with Gasteiger partial charge in [0.15, 0.2) is 5.65 Å². The van der Waals surface area contributed by atoms with Crippen LogP contribution in [0.1, 0.15) is 40.1 Å². The average molecular weight is 500 g/mol. The molecule has 1 aliphatic rings. The fourth-order valence-corrected chi connectivity index (χ4v) is 4.73. The van der Waals surface area contributed by atoms with Crippen molar-refractivity contribution in [3.63, 3.8) is 0 Å². The van der Waals surface area contributed by atoms with E-state index < -0.39 is 11.8 Å². The largest absolute Gasteiger partial charge is 0.478 e. The van der Waals surface area contributed by atoms with Gasteiger partial charge < -0.3 is 14.9 Å². The molecule has 37 heavy (non-hydrogen) atoms. The Balaban J connectivity index is 1.52. The third-order valence-electron chi connectivity index (χ3n) is 6.63. The summed E-state index contributed by atoms with van der Waals surface area (Å²) in [4.78, 5) is 32.6. The summed E-state index contributed by atoms with van der Waals surface area (Å²) in [5.74, 6) is -1.19. The van der Waals surface area contributed by atoms with Gasteiger partial charge in [0.05, 0.1) is 11.7 Å². The van der Waals surface area contributed by atoms with Crippen molar-refractivity contribution in [1.29, 1.82) is 0 Å². The number of carbonyl (C=O) groups is 2. The van der Waals surface area contributed by atoms with Crippen LogP contribution in [0.2, 0.25) is 0 Å². The lowest BCUT2D eigenvalue weighted by molar-refractivity contribution is -0.131. The normalized spacial score (nSPS) is 15.2. The van der Waals surface area contributed by atoms with E-state index in [9.17, 15) is 14.0 Å². The summed E-state index contributed by atoms with van der Waals surface area (Å²) in [6, 6.07) is 15.8. The van der Waals surface area contributed by atoms with Crippen molar-refractivity contribution in [2.24, 2.45) is 0 Å². The molecule has 0 radical (unpaired) electrons. The van der Waals surface area contributed by atoms with Crippen LogP contribution < -0.4 is 4.90 Å². The molecule has 2 aromatic carbocycles. The Morgan fingerprint density at radius 1 is 1.14 bits per heavy atom. The van der Waals surface area contributed by atoms with E-state index in [1.807, 2.05) is 43.0 Å². The highest BCUT2D eigenvalue weighted by molar-refractivity contribution is 5.94. The van der Waals surface area contributed by atoms with Crippen LogP contribution in [-0.4, -0.2) is 57.1 Å². The van der Waals surface area contributed by atoms with Crippen LogP contribution in [0, 0.1) is 5.82 Å². The van der Waals surface area contributed by atoms with Gasteiger partial charge in [0.1, 0.15) is 17.3 Å². The quantitative estimate of drug-likeness (QED) is 0.408. The number of carbonyl (C=O) groups excluding carboxylic acids is 1. The van der Waals surface area contributed by atoms with Gasteiger partial charge in [0.25, 0.3) is 5.91 Å². The van der Waals surface area contributed by atoms with Crippen LogP contribution in [0.4, 0.5) is 10.2 Å². The summed E-state index contributed by atoms with van der Waals surface area (Å²) in [6.07, 6.45) is 3.05. The van der Waals surface area contributed by atoms with Gasteiger partial charge in [-0.2, -0.15) is 9.61 Å². The molecule has 188 valence electrons. The molecular weight excluding hydrogens is 473 g/mol. The monoisotopic (exact) mass is 499 g/mol. The molecule has 8 nitrogen and oxygen atoms in total. The summed E-state index contributed by atoms with van der Waals surface area (Å²) >= 11 is 0. The van der Waals surface area contributed by atoms with Gasteiger partial charge in [0.2, 0.25) is 0 Å². The van der Waals surface area contributed by atoms with Gasteiger partial charge in [-0.25, -0.2) is 14.2 Å². The molecule has 0 aliphatic carbocycles. The molecule has 0 bridgehead atoms. The van der Waals surface area contributed by atoms with E-state index in [0.717, 1.165) is 18.1 Å². The zero-order chi connectivity index (χ0) is 26.3. The van der Waals surface area contributed by atoms with Crippen molar-refractivity contribution < 1.29 is 19.1 Å². The fourth-order valence-electron chi connectivity index (χ4n) is 4.73. The van der Waals surface area contributed by atoms with Gasteiger partial charge in [0, 0.05) is 44.4 Å². The molecule has 0 saturated heterocycles. The second kappa shape index (κ2) is 9.50. The van der Waals surface area contributed by atoms with E-state index in [4.69, 9.17) is 5.11 Å². The number of hydrogen-bond donors (Lipinski definition) is 1. The molecule has 1 unspecified atom stereocenters. The number of hydrogen-bond acceptors (Lipinski definition) is 5. The second-order valence-corrected chi connectivity index (χ2v) is 9.23. The summed E-state index contributed by atoms with van der Waals surface area (Å²) < 4.78 is 16.5. The standard InChI is InChI=1S/C28H26FN5O3/c1-17-20-7-5-4-6-19(20)12-13-33(17)28(37)24-16-26(32(2)3)34-25(30-24)15-23(31-34)21-10-8-18(14-22(21)29)9-11-27(35)36/h4-11,14-17H,12-13H2,1-3H3,(H,35,36)/b11-9+. The molecule has 0 saturated carbocycles. The first-order valence-electron chi connectivity index (χ1n) is 11.9. The Hall–Kier alpha value is -4.53. The van der Waals surface area contributed by atoms with Crippen LogP contribution in [-0.2, 0) is 11.2 Å². The van der Waals surface area contributed by atoms with Gasteiger partial charge in [-0.1, -0.05) is 30.3 Å². The first-order valence-corrected chi connectivity index (χ1v) is 11.9. The summed E-state index contributed by atoms with van der Waals surface area (Å²) in [5.41, 5.74) is 4.13. The number of carboxylic acid groups (broad SMARTS) is 1. The van der Waals surface area contributed by atoms with E-state index in [1.165, 1.54) is 17.7 Å². The second-order valence-electron chi connectivity index (χ2n) is 9.23. The Bertz CT molecular complexity index is 1560. The molecule has 1 amide bonds. The van der Waals surface area contributed by atoms with E-state index in [0.29, 0.717) is 35.0 Å². The van der Waals surface area contributed by atoms with Crippen LogP contribution in [0.25, 0.3) is 23.0 Å². The van der Waals surface area contributed by atoms with E-state index in [1.54, 1.807) is 28.8 Å². The Morgan fingerprint density at radius 2 is 1.92 bits per heavy atom. The third-order valence-corrected chi connectivity index (χ3v) is 6.63. The zero-order valence-corrected chi connectivity index (χ0v) is 20.7. The maximum Gasteiger partial charge on any atom is 0.328 e. The number of fused-ring (bicyclic) bond motifs is 2. The molecule has 0 fully saturated rings. The molecule has 2 aromatic heterocycles. The number of anilines is 1. The molecule has 5 rings (SSSR count). The number of halogens is 1. The summed E-state index contributed by atoms with van der Waals surface area (Å²) in [5, 5.41) is 13.4. The minimum Gasteiger partial charge on any atom is -0.478 e. The highest BCUT2D eigenvalue weighted by Gasteiger charge is 2.29. The predicted molar refractivity (Wildman–Crippen MR) is 139 cm³/mol. The number of aliphatic carboxylic acids is 1. The fraction of sp³-hybridized carbons (Fsp3) is 0.214. The summed E-state index contributed by atoms with van der Waals surface area (Å²) in [6.45, 7) is 2.62. The molecule has 3 heterocycles. The first-order chi connectivity index (χ1) is 17.7. The average Bonchev–Trinajstić information content (AvgIpc) is 3.30. The number of rotatable bonds is 5. The third kappa shape index (κ3) is 4.55. The van der Waals surface area contributed by atoms with Crippen LogP contribution in [0.15, 0.2) is 60.7 Å². The predicted octanol–water partition coefficient (Wildman–Crippen LogP) is 4.46. The number of nitrogens with zero attached hydrogens (tertiary/aromatic N) is 5. The Labute approximate surface area is 213 Å². The van der Waals surface area contributed by atoms with Crippen LogP contribution in [0.3, 0.4) is 0 Å². The highest BCUT2D eigenvalue weighted by Crippen LogP contribution is 2.31. The minimum absolute atomic E-state index is 0.0819. The SMILES string of the molecule is CC1c2ccccc2CCN1C(=O)c1cc(N(C)C)n2nc(-c3ccc(/C=C/C(=O)O)cc3F)cc2n1. The van der Waals surface area contributed by atoms with Gasteiger partial charge in [-0.05, 0) is 48.2 Å². The van der Waals surface area contributed by atoms with Gasteiger partial charge in [-0.3, -0.25) is 4.79 Å². The van der Waals surface area contributed by atoms with Crippen molar-refractivity contribution in [3.8, 4) is 11.3 Å². The van der Waals surface area contributed by atoms with E-state index in [-0.39, 0.29) is 17.5 Å². The smallest absolute Gasteiger partial charge is 0.328 e.